The number of ketones is 1. The molecule has 0 aliphatic carbocycles. The fraction of sp³-hybridized carbons (Fsp3) is 0.381. The van der Waals surface area contributed by atoms with Crippen LogP contribution in [0, 0.1) is 0 Å². The third-order valence-electron chi connectivity index (χ3n) is 5.49. The number of carbonyl (C=O) groups is 1. The molecule has 0 saturated carbocycles. The lowest BCUT2D eigenvalue weighted by Gasteiger charge is -2.39. The maximum Gasteiger partial charge on any atom is 0.229 e. The van der Waals surface area contributed by atoms with Crippen LogP contribution >= 0.6 is 0 Å². The van der Waals surface area contributed by atoms with E-state index in [2.05, 4.69) is 0 Å². The largest absolute Gasteiger partial charge is 0.504 e. The minimum Gasteiger partial charge on any atom is -0.504 e. The normalized spacial score (nSPS) is 29.8. The lowest BCUT2D eigenvalue weighted by atomic mass is 9.95. The summed E-state index contributed by atoms with van der Waals surface area (Å²) in [6, 6.07) is 6.55. The van der Waals surface area contributed by atoms with Crippen LogP contribution in [0.3, 0.4) is 0 Å². The quantitative estimate of drug-likeness (QED) is 0.303. The number of benzene rings is 2. The molecule has 1 fully saturated rings. The zero-order chi connectivity index (χ0) is 23.2. The Kier molecular flexibility index (Phi) is 5.84. The van der Waals surface area contributed by atoms with Gasteiger partial charge in [0.1, 0.15) is 30.5 Å². The van der Waals surface area contributed by atoms with Crippen LogP contribution in [0.4, 0.5) is 0 Å². The van der Waals surface area contributed by atoms with E-state index in [0.29, 0.717) is 5.56 Å². The van der Waals surface area contributed by atoms with Gasteiger partial charge in [0.15, 0.2) is 28.8 Å². The number of Topliss-reactive ketones (excluding diaryl/α,β-unsaturated/α-hetero) is 1. The maximum atomic E-state index is 12.6. The van der Waals surface area contributed by atoms with Gasteiger partial charge >= 0.3 is 0 Å². The van der Waals surface area contributed by atoms with E-state index in [0.717, 1.165) is 0 Å². The Bertz CT molecular complexity index is 1020. The third kappa shape index (κ3) is 3.80. The minimum absolute atomic E-state index is 0.0798. The van der Waals surface area contributed by atoms with Gasteiger partial charge in [-0.15, -0.1) is 0 Å². The summed E-state index contributed by atoms with van der Waals surface area (Å²) in [4.78, 5) is 12.6. The van der Waals surface area contributed by atoms with E-state index in [1.165, 1.54) is 30.3 Å². The van der Waals surface area contributed by atoms with Gasteiger partial charge in [-0.05, 0) is 29.8 Å². The molecule has 0 bridgehead atoms. The number of aliphatic hydroxyl groups is 4. The van der Waals surface area contributed by atoms with Crippen LogP contribution in [0.1, 0.15) is 28.4 Å². The lowest BCUT2D eigenvalue weighted by Crippen LogP contribution is -2.60. The number of carbonyl (C=O) groups excluding carboxylic acids is 1. The lowest BCUT2D eigenvalue weighted by molar-refractivity contribution is -0.277. The third-order valence-corrected chi connectivity index (χ3v) is 5.49. The summed E-state index contributed by atoms with van der Waals surface area (Å²) in [5.41, 5.74) is 0.474. The summed E-state index contributed by atoms with van der Waals surface area (Å²) in [5, 5.41) is 69.1. The van der Waals surface area contributed by atoms with Crippen molar-refractivity contribution >= 4 is 5.78 Å². The molecule has 4 rings (SSSR count). The van der Waals surface area contributed by atoms with Gasteiger partial charge in [0.05, 0.1) is 18.6 Å². The summed E-state index contributed by atoms with van der Waals surface area (Å²) in [7, 11) is 0. The summed E-state index contributed by atoms with van der Waals surface area (Å²) in [6.45, 7) is -0.653. The van der Waals surface area contributed by atoms with Crippen molar-refractivity contribution in [1.29, 1.82) is 0 Å². The minimum atomic E-state index is -1.70. The van der Waals surface area contributed by atoms with Crippen molar-refractivity contribution in [2.45, 2.75) is 43.2 Å². The molecule has 2 aliphatic rings. The standard InChI is InChI=1S/C21H22O11/c22-7-15-16(26)18(28)19(29)21(32-15)31-13-4-2-9-11(24)6-14(30-20(9)17(13)27)8-1-3-10(23)12(25)5-8/h1-5,14-16,18-19,21-23,25-29H,6-7H2/t14-,15-,16+,18+,19+,21-/m0/s1. The van der Waals surface area contributed by atoms with Gasteiger partial charge in [-0.1, -0.05) is 6.07 Å². The highest BCUT2D eigenvalue weighted by Crippen LogP contribution is 2.46. The first kappa shape index (κ1) is 22.1. The smallest absolute Gasteiger partial charge is 0.229 e. The van der Waals surface area contributed by atoms with E-state index in [-0.39, 0.29) is 35.0 Å². The zero-order valence-corrected chi connectivity index (χ0v) is 16.5. The molecule has 2 heterocycles. The zero-order valence-electron chi connectivity index (χ0n) is 16.5. The molecule has 0 spiro atoms. The predicted octanol–water partition coefficient (Wildman–Crippen LogP) is -0.311. The Balaban J connectivity index is 1.61. The van der Waals surface area contributed by atoms with Crippen LogP contribution in [0.25, 0.3) is 0 Å². The van der Waals surface area contributed by atoms with Gasteiger partial charge in [-0.3, -0.25) is 4.79 Å². The van der Waals surface area contributed by atoms with Gasteiger partial charge in [-0.25, -0.2) is 0 Å². The van der Waals surface area contributed by atoms with Gasteiger partial charge in [-0.2, -0.15) is 0 Å². The molecule has 7 N–H and O–H groups in total. The Morgan fingerprint density at radius 1 is 0.969 bits per heavy atom. The fourth-order valence-corrected chi connectivity index (χ4v) is 3.67. The molecule has 6 atom stereocenters. The molecule has 2 aromatic rings. The molecule has 11 heteroatoms. The number of fused-ring (bicyclic) bond motifs is 1. The first-order valence-electron chi connectivity index (χ1n) is 9.76. The Morgan fingerprint density at radius 2 is 1.72 bits per heavy atom. The van der Waals surface area contributed by atoms with E-state index in [1.54, 1.807) is 0 Å². The summed E-state index contributed by atoms with van der Waals surface area (Å²) >= 11 is 0. The number of aromatic hydroxyl groups is 3. The highest BCUT2D eigenvalue weighted by Gasteiger charge is 2.45. The SMILES string of the molecule is O=C1C[C@@H](c2ccc(O)c(O)c2)Oc2c1ccc(O[C@H]1O[C@@H](CO)[C@@H](O)[C@@H](O)[C@H]1O)c2O. The monoisotopic (exact) mass is 450 g/mol. The summed E-state index contributed by atoms with van der Waals surface area (Å²) in [5.74, 6) is -2.09. The van der Waals surface area contributed by atoms with Gasteiger partial charge in [0.25, 0.3) is 0 Å². The van der Waals surface area contributed by atoms with Crippen LogP contribution in [-0.4, -0.2) is 78.8 Å². The Labute approximate surface area is 181 Å². The van der Waals surface area contributed by atoms with E-state index in [1.807, 2.05) is 0 Å². The Hall–Kier alpha value is -3.09. The van der Waals surface area contributed by atoms with Crippen LogP contribution in [-0.2, 0) is 4.74 Å². The molecule has 32 heavy (non-hydrogen) atoms. The molecule has 0 unspecified atom stereocenters. The van der Waals surface area contributed by atoms with Crippen molar-refractivity contribution in [2.24, 2.45) is 0 Å². The van der Waals surface area contributed by atoms with Crippen molar-refractivity contribution in [3.63, 3.8) is 0 Å². The second-order valence-electron chi connectivity index (χ2n) is 7.59. The van der Waals surface area contributed by atoms with Crippen molar-refractivity contribution < 1.29 is 54.8 Å². The van der Waals surface area contributed by atoms with Crippen molar-refractivity contribution in [2.75, 3.05) is 6.61 Å². The van der Waals surface area contributed by atoms with Gasteiger partial charge < -0.3 is 50.0 Å². The number of aliphatic hydroxyl groups excluding tert-OH is 4. The van der Waals surface area contributed by atoms with E-state index >= 15 is 0 Å². The number of phenolic OH excluding ortho intramolecular Hbond substituents is 3. The molecular weight excluding hydrogens is 428 g/mol. The van der Waals surface area contributed by atoms with Crippen LogP contribution < -0.4 is 9.47 Å². The number of rotatable bonds is 4. The van der Waals surface area contributed by atoms with Crippen LogP contribution in [0.5, 0.6) is 28.7 Å². The van der Waals surface area contributed by atoms with Crippen LogP contribution in [0.2, 0.25) is 0 Å². The maximum absolute atomic E-state index is 12.6. The molecule has 0 radical (unpaired) electrons. The van der Waals surface area contributed by atoms with Crippen molar-refractivity contribution in [3.05, 3.63) is 41.5 Å². The number of hydrogen-bond donors (Lipinski definition) is 7. The first-order valence-corrected chi connectivity index (χ1v) is 9.76. The average molecular weight is 450 g/mol. The molecule has 0 aromatic heterocycles. The highest BCUT2D eigenvalue weighted by atomic mass is 16.7. The second-order valence-corrected chi connectivity index (χ2v) is 7.59. The summed E-state index contributed by atoms with van der Waals surface area (Å²) in [6.07, 6.45) is -8.64. The fourth-order valence-electron chi connectivity index (χ4n) is 3.67. The van der Waals surface area contributed by atoms with E-state index in [4.69, 9.17) is 14.2 Å². The van der Waals surface area contributed by atoms with Crippen LogP contribution in [0.15, 0.2) is 30.3 Å². The van der Waals surface area contributed by atoms with E-state index in [9.17, 15) is 40.5 Å². The predicted molar refractivity (Wildman–Crippen MR) is 105 cm³/mol. The number of ether oxygens (including phenoxy) is 3. The van der Waals surface area contributed by atoms with Crippen molar-refractivity contribution in [3.8, 4) is 28.7 Å². The first-order chi connectivity index (χ1) is 15.2. The summed E-state index contributed by atoms with van der Waals surface area (Å²) < 4.78 is 16.5. The molecule has 2 aliphatic heterocycles. The molecule has 2 aromatic carbocycles. The molecule has 0 amide bonds. The number of phenols is 3. The van der Waals surface area contributed by atoms with Crippen molar-refractivity contribution in [1.82, 2.24) is 0 Å². The second kappa shape index (κ2) is 8.45. The van der Waals surface area contributed by atoms with E-state index < -0.39 is 54.9 Å². The average Bonchev–Trinajstić information content (AvgIpc) is 2.77. The van der Waals surface area contributed by atoms with Gasteiger partial charge in [0.2, 0.25) is 12.0 Å². The highest BCUT2D eigenvalue weighted by molar-refractivity contribution is 6.01. The number of hydrogen-bond acceptors (Lipinski definition) is 11. The molecule has 11 nitrogen and oxygen atoms in total. The molecule has 1 saturated heterocycles. The molecule has 172 valence electrons. The Morgan fingerprint density at radius 3 is 2.41 bits per heavy atom. The van der Waals surface area contributed by atoms with Gasteiger partial charge in [0, 0.05) is 0 Å². The topological polar surface area (TPSA) is 186 Å². The molecular formula is C21H22O11.